The number of hydrogen-bond acceptors (Lipinski definition) is 3. The molecular weight excluding hydrogens is 543 g/mol. The van der Waals surface area contributed by atoms with Crippen molar-refractivity contribution in [1.29, 1.82) is 0 Å². The number of imidazole rings is 2. The van der Waals surface area contributed by atoms with Gasteiger partial charge < -0.3 is 9.13 Å². The zero-order valence-electron chi connectivity index (χ0n) is 21.4. The predicted molar refractivity (Wildman–Crippen MR) is 162 cm³/mol. The Morgan fingerprint density at radius 3 is 1.27 bits per heavy atom. The van der Waals surface area contributed by atoms with E-state index in [1.807, 2.05) is 11.6 Å². The molecule has 3 aromatic carbocycles. The molecule has 0 saturated carbocycles. The summed E-state index contributed by atoms with van der Waals surface area (Å²) in [5, 5.41) is 1.48. The minimum absolute atomic E-state index is 0.602. The third-order valence-electron chi connectivity index (χ3n) is 6.15. The first-order chi connectivity index (χ1) is 17.8. The topological polar surface area (TPSA) is 52.7 Å². The predicted octanol–water partition coefficient (Wildman–Crippen LogP) is 5.75. The molecule has 37 heavy (non-hydrogen) atoms. The number of carbonyl (C=O) groups excluding carboxylic acids is 1. The Morgan fingerprint density at radius 1 is 0.703 bits per heavy atom. The van der Waals surface area contributed by atoms with Crippen LogP contribution in [0.25, 0.3) is 6.08 Å². The Labute approximate surface area is 227 Å². The average Bonchev–Trinajstić information content (AvgIpc) is 3.57. The summed E-state index contributed by atoms with van der Waals surface area (Å²) in [5.41, 5.74) is 1.65. The second-order valence-electron chi connectivity index (χ2n) is 8.62. The van der Waals surface area contributed by atoms with Crippen LogP contribution in [0.3, 0.4) is 0 Å². The number of benzene rings is 3. The van der Waals surface area contributed by atoms with Crippen LogP contribution in [0.4, 0.5) is 0 Å². The van der Waals surface area contributed by atoms with E-state index in [2.05, 4.69) is 130 Å². The molecule has 0 aliphatic rings. The van der Waals surface area contributed by atoms with Gasteiger partial charge in [0.1, 0.15) is 5.69 Å². The van der Waals surface area contributed by atoms with Gasteiger partial charge in [0.05, 0.1) is 30.7 Å². The molecule has 0 fully saturated rings. The zero-order valence-corrected chi connectivity index (χ0v) is 23.8. The molecule has 0 unspecified atom stereocenters. The Bertz CT molecular complexity index is 1270. The van der Waals surface area contributed by atoms with Crippen LogP contribution in [0.5, 0.6) is 0 Å². The molecule has 2 heterocycles. The van der Waals surface area contributed by atoms with Crippen molar-refractivity contribution in [3.05, 3.63) is 134 Å². The first kappa shape index (κ1) is 28.0. The third kappa shape index (κ3) is 6.40. The molecule has 190 valence electrons. The van der Waals surface area contributed by atoms with Gasteiger partial charge in [0.25, 0.3) is 0 Å². The zero-order chi connectivity index (χ0) is 26.8. The van der Waals surface area contributed by atoms with E-state index in [4.69, 9.17) is 0 Å². The summed E-state index contributed by atoms with van der Waals surface area (Å²) >= 11 is 4.24. The van der Waals surface area contributed by atoms with Crippen molar-refractivity contribution in [2.24, 2.45) is 14.1 Å². The first-order valence-corrected chi connectivity index (χ1v) is 16.4. The summed E-state index contributed by atoms with van der Waals surface area (Å²) in [5.74, 6) is 0. The van der Waals surface area contributed by atoms with E-state index in [0.29, 0.717) is 5.69 Å². The molecule has 0 atom stereocenters. The Morgan fingerprint density at radius 2 is 1.05 bits per heavy atom. The Kier molecular flexibility index (Phi) is 9.51. The molecule has 5 aromatic rings. The van der Waals surface area contributed by atoms with Gasteiger partial charge in [-0.3, -0.25) is 4.79 Å². The molecular formula is C30H32BrN4OP. The molecule has 7 heteroatoms. The van der Waals surface area contributed by atoms with E-state index in [9.17, 15) is 4.79 Å². The molecule has 0 spiro atoms. The Hall–Kier alpha value is -3.60. The summed E-state index contributed by atoms with van der Waals surface area (Å²) in [6, 6.07) is 32.3. The second-order valence-corrected chi connectivity index (χ2v) is 18.3. The molecule has 0 N–H and O–H groups in total. The summed E-state index contributed by atoms with van der Waals surface area (Å²) in [6.07, 6.45) is 9.17. The van der Waals surface area contributed by atoms with E-state index in [0.717, 1.165) is 12.0 Å². The second kappa shape index (κ2) is 12.6. The maximum absolute atomic E-state index is 10.0. The van der Waals surface area contributed by atoms with Crippen molar-refractivity contribution >= 4 is 49.1 Å². The van der Waals surface area contributed by atoms with Crippen LogP contribution in [-0.2, 0) is 14.1 Å². The van der Waals surface area contributed by atoms with Gasteiger partial charge in [0.15, 0.2) is 6.29 Å². The molecule has 0 aliphatic carbocycles. The summed E-state index contributed by atoms with van der Waals surface area (Å²) in [6.45, 7) is 5.97. The molecule has 0 radical (unpaired) electrons. The van der Waals surface area contributed by atoms with Crippen molar-refractivity contribution in [2.45, 2.75) is 0 Å². The van der Waals surface area contributed by atoms with Crippen LogP contribution >= 0.6 is 20.8 Å². The van der Waals surface area contributed by atoms with E-state index >= 15 is 0 Å². The largest absolute Gasteiger partial charge is 0.332 e. The van der Waals surface area contributed by atoms with E-state index in [-0.39, 0.29) is 0 Å². The van der Waals surface area contributed by atoms with Crippen LogP contribution < -0.4 is 15.9 Å². The van der Waals surface area contributed by atoms with Gasteiger partial charge in [0.2, 0.25) is 0 Å². The van der Waals surface area contributed by atoms with Crippen molar-refractivity contribution < 1.29 is 4.79 Å². The van der Waals surface area contributed by atoms with E-state index in [1.54, 1.807) is 36.5 Å². The van der Waals surface area contributed by atoms with Crippen LogP contribution in [0.15, 0.2) is 123 Å². The molecule has 5 rings (SSSR count). The van der Waals surface area contributed by atoms with Gasteiger partial charge >= 0.3 is 134 Å². The molecule has 0 saturated heterocycles. The maximum atomic E-state index is 10.0. The van der Waals surface area contributed by atoms with Gasteiger partial charge in [-0.1, -0.05) is 6.58 Å². The number of halogens is 1. The Balaban J connectivity index is 0.000000194. The van der Waals surface area contributed by atoms with Gasteiger partial charge in [0, 0.05) is 14.1 Å². The number of aryl methyl sites for hydroxylation is 2. The number of nitrogens with zero attached hydrogens (tertiary/aromatic N) is 4. The number of hydrogen-bond donors (Lipinski definition) is 0. The fraction of sp³-hybridized carbons (Fsp3) is 0.100. The normalized spacial score (nSPS) is 11.5. The van der Waals surface area contributed by atoms with Gasteiger partial charge in [-0.05, 0) is 6.08 Å². The van der Waals surface area contributed by atoms with Crippen LogP contribution in [0.2, 0.25) is 0 Å². The van der Waals surface area contributed by atoms with E-state index in [1.165, 1.54) is 22.1 Å². The number of carbonyl (C=O) groups is 1. The third-order valence-corrected chi connectivity index (χ3v) is 14.4. The van der Waals surface area contributed by atoms with Crippen LogP contribution in [0.1, 0.15) is 16.2 Å². The number of rotatable bonds is 5. The standard InChI is InChI=1S/C19H18BrP.C6H8N2.C5H6N2O/c1-21(20,17-11-5-2-6-12-17,18-13-7-3-8-14-18)19-15-9-4-10-16-19;1-3-6-4-7-5-8(6)2;1-7-4-6-2-5(7)3-8/h2-16H,1H3;3-5H,1H2,2H3;2-4H,1H3. The fourth-order valence-corrected chi connectivity index (χ4v) is 9.51. The number of aldehydes is 1. The molecule has 2 aromatic heterocycles. The van der Waals surface area contributed by atoms with Crippen molar-refractivity contribution in [3.63, 3.8) is 0 Å². The monoisotopic (exact) mass is 574 g/mol. The smallest absolute Gasteiger partial charge is 0.168 e. The molecule has 0 aliphatic heterocycles. The van der Waals surface area contributed by atoms with Crippen molar-refractivity contribution in [3.8, 4) is 0 Å². The minimum Gasteiger partial charge on any atom is -0.332 e. The summed E-state index contributed by atoms with van der Waals surface area (Å²) in [7, 11) is 3.71. The maximum Gasteiger partial charge on any atom is 0.168 e. The van der Waals surface area contributed by atoms with Gasteiger partial charge in [-0.25, -0.2) is 9.97 Å². The molecule has 0 amide bonds. The van der Waals surface area contributed by atoms with Gasteiger partial charge in [-0.2, -0.15) is 0 Å². The van der Waals surface area contributed by atoms with Crippen LogP contribution in [0, 0.1) is 0 Å². The quantitative estimate of drug-likeness (QED) is 0.198. The SMILES string of the molecule is C=Cc1cncn1C.CP(Br)(c1ccccc1)(c1ccccc1)c1ccccc1.Cn1cncc1C=O. The van der Waals surface area contributed by atoms with Crippen LogP contribution in [-0.4, -0.2) is 32.1 Å². The minimum atomic E-state index is -2.56. The summed E-state index contributed by atoms with van der Waals surface area (Å²) in [4.78, 5) is 17.6. The average molecular weight is 575 g/mol. The molecule has 5 nitrogen and oxygen atoms in total. The van der Waals surface area contributed by atoms with Gasteiger partial charge in [-0.15, -0.1) is 0 Å². The summed E-state index contributed by atoms with van der Waals surface area (Å²) < 4.78 is 3.57. The fourth-order valence-electron chi connectivity index (χ4n) is 3.84. The van der Waals surface area contributed by atoms with E-state index < -0.39 is 5.31 Å². The number of aromatic nitrogens is 4. The van der Waals surface area contributed by atoms with Crippen molar-refractivity contribution in [1.82, 2.24) is 19.1 Å². The molecule has 0 bridgehead atoms. The first-order valence-electron chi connectivity index (χ1n) is 11.7. The van der Waals surface area contributed by atoms with Crippen molar-refractivity contribution in [2.75, 3.05) is 6.66 Å².